The Morgan fingerprint density at radius 3 is 2.11 bits per heavy atom. The summed E-state index contributed by atoms with van der Waals surface area (Å²) in [6.07, 6.45) is -7.71. The van der Waals surface area contributed by atoms with Crippen LogP contribution in [-0.4, -0.2) is 181 Å². The number of methoxy groups -OCH3 is 2. The molecule has 0 aromatic carbocycles. The molecule has 0 spiro atoms. The maximum atomic E-state index is 14.7. The monoisotopic (exact) mass is 902 g/mol. The maximum Gasteiger partial charge on any atom is 0.425 e. The number of rotatable bonds is 14. The molecule has 0 saturated carbocycles. The van der Waals surface area contributed by atoms with E-state index in [0.29, 0.717) is 13.0 Å². The van der Waals surface area contributed by atoms with Gasteiger partial charge >= 0.3 is 12.1 Å². The minimum absolute atomic E-state index is 0.0755. The molecule has 18 atom stereocenters. The van der Waals surface area contributed by atoms with Crippen molar-refractivity contribution in [2.45, 2.75) is 192 Å². The lowest BCUT2D eigenvalue weighted by Crippen LogP contribution is -2.70. The number of likely N-dealkylation sites (N-methyl/N-ethyl adjacent to an activating group) is 2. The average Bonchev–Trinajstić information content (AvgIpc) is 3.47. The molecule has 0 unspecified atom stereocenters. The van der Waals surface area contributed by atoms with Gasteiger partial charge in [0.15, 0.2) is 18.2 Å². The SMILES string of the molecule is CC[C@H]1OC(=O)[C@H](C)[C@@H](O[C@H]2C[C@@](C)(OC)[C@@](O)(CN(C)CCN(CC)CC)[C@H](C)O2)[C@H](C)[C@@H](O[C@@H]2O[C@H](C)C[C@H](N)[C@H]2O)[C@@](C)(OC)C[C@@H](C)C(=O)[C@@H](C)[C@H]2N(N)C(=O)O[C@]12C. The molecule has 63 heavy (non-hydrogen) atoms. The van der Waals surface area contributed by atoms with Crippen molar-refractivity contribution in [2.24, 2.45) is 35.2 Å². The third-order valence-electron chi connectivity index (χ3n) is 15.2. The topological polar surface area (TPSA) is 227 Å². The van der Waals surface area contributed by atoms with E-state index in [0.717, 1.165) is 24.6 Å². The summed E-state index contributed by atoms with van der Waals surface area (Å²) in [5, 5.41) is 24.8. The molecule has 0 aromatic rings. The quantitative estimate of drug-likeness (QED) is 0.112. The molecule has 0 bridgehead atoms. The molecule has 1 amide bonds. The van der Waals surface area contributed by atoms with Crippen LogP contribution in [0, 0.1) is 23.7 Å². The summed E-state index contributed by atoms with van der Waals surface area (Å²) in [5.74, 6) is 2.10. The normalized spacial score (nSPS) is 44.7. The summed E-state index contributed by atoms with van der Waals surface area (Å²) in [4.78, 5) is 46.8. The van der Waals surface area contributed by atoms with E-state index in [1.54, 1.807) is 55.6 Å². The number of fused-ring (bicyclic) bond motifs is 1. The van der Waals surface area contributed by atoms with E-state index in [4.69, 9.17) is 49.5 Å². The standard InChI is InChI=1S/C45H83N5O13/c1-16-32-44(12)37(50(47)41(54)63-44)27(6)34(51)25(4)22-42(10,56-14)38(62-40-35(52)31(46)21-26(5)58-40)28(7)36(29(8)39(53)60-32)61-33-23-43(11,57-15)45(55,30(9)59-33)24-48(13)19-20-49(17-2)18-3/h25-33,35-38,40,52,55H,16-24,46-47H2,1-15H3/t25-,26-,27-,28+,29-,30+,31+,32-,33+,35-,36+,37-,38-,40+,42+,43-,44-,45-/m1/s1. The minimum atomic E-state index is -1.50. The van der Waals surface area contributed by atoms with E-state index in [1.807, 2.05) is 27.8 Å². The molecule has 4 aliphatic rings. The Labute approximate surface area is 376 Å². The molecule has 4 rings (SSSR count). The van der Waals surface area contributed by atoms with Crippen LogP contribution in [0.5, 0.6) is 0 Å². The number of hydrogen-bond acceptors (Lipinski definition) is 17. The van der Waals surface area contributed by atoms with Gasteiger partial charge in [0.1, 0.15) is 35.2 Å². The number of cyclic esters (lactones) is 1. The summed E-state index contributed by atoms with van der Waals surface area (Å²) in [6.45, 7) is 25.6. The molecule has 0 aliphatic carbocycles. The van der Waals surface area contributed by atoms with Crippen LogP contribution < -0.4 is 11.6 Å². The van der Waals surface area contributed by atoms with Crippen molar-refractivity contribution in [2.75, 3.05) is 54.0 Å². The second-order valence-electron chi connectivity index (χ2n) is 19.6. The van der Waals surface area contributed by atoms with Gasteiger partial charge in [0.25, 0.3) is 0 Å². The fraction of sp³-hybridized carbons (Fsp3) is 0.933. The molecule has 6 N–H and O–H groups in total. The number of hydrogen-bond donors (Lipinski definition) is 4. The van der Waals surface area contributed by atoms with Gasteiger partial charge in [-0.25, -0.2) is 15.6 Å². The number of carbonyl (C=O) groups is 3. The fourth-order valence-electron chi connectivity index (χ4n) is 10.8. The highest BCUT2D eigenvalue weighted by Gasteiger charge is 2.61. The lowest BCUT2D eigenvalue weighted by Gasteiger charge is -2.54. The molecule has 4 heterocycles. The van der Waals surface area contributed by atoms with Gasteiger partial charge in [-0.2, -0.15) is 0 Å². The number of carbonyl (C=O) groups excluding carboxylic acids is 3. The Balaban J connectivity index is 1.83. The average molecular weight is 902 g/mol. The van der Waals surface area contributed by atoms with E-state index in [-0.39, 0.29) is 37.7 Å². The molecular weight excluding hydrogens is 819 g/mol. The second-order valence-corrected chi connectivity index (χ2v) is 19.6. The number of aliphatic hydroxyl groups is 2. The van der Waals surface area contributed by atoms with Gasteiger partial charge in [-0.3, -0.25) is 9.59 Å². The number of ketones is 1. The van der Waals surface area contributed by atoms with Crippen molar-refractivity contribution in [3.63, 3.8) is 0 Å². The summed E-state index contributed by atoms with van der Waals surface area (Å²) in [7, 11) is 5.02. The van der Waals surface area contributed by atoms with Crippen LogP contribution in [-0.2, 0) is 47.5 Å². The van der Waals surface area contributed by atoms with E-state index >= 15 is 0 Å². The van der Waals surface area contributed by atoms with Gasteiger partial charge in [-0.1, -0.05) is 41.5 Å². The van der Waals surface area contributed by atoms with Crippen LogP contribution >= 0.6 is 0 Å². The maximum absolute atomic E-state index is 14.7. The Hall–Kier alpha value is -2.07. The fourth-order valence-corrected chi connectivity index (χ4v) is 10.8. The van der Waals surface area contributed by atoms with E-state index < -0.39 is 113 Å². The predicted molar refractivity (Wildman–Crippen MR) is 234 cm³/mol. The first-order valence-electron chi connectivity index (χ1n) is 23.1. The van der Waals surface area contributed by atoms with Crippen LogP contribution in [0.25, 0.3) is 0 Å². The first-order chi connectivity index (χ1) is 29.3. The first kappa shape index (κ1) is 53.5. The highest BCUT2D eigenvalue weighted by atomic mass is 16.7. The third kappa shape index (κ3) is 10.9. The highest BCUT2D eigenvalue weighted by Crippen LogP contribution is 2.45. The second kappa shape index (κ2) is 21.3. The van der Waals surface area contributed by atoms with E-state index in [2.05, 4.69) is 23.6 Å². The summed E-state index contributed by atoms with van der Waals surface area (Å²) < 4.78 is 51.3. The molecule has 0 radical (unpaired) electrons. The Morgan fingerprint density at radius 1 is 0.905 bits per heavy atom. The number of ether oxygens (including phenoxy) is 8. The molecule has 4 saturated heterocycles. The van der Waals surface area contributed by atoms with Gasteiger partial charge in [0.2, 0.25) is 0 Å². The smallest absolute Gasteiger partial charge is 0.425 e. The predicted octanol–water partition coefficient (Wildman–Crippen LogP) is 2.82. The molecule has 18 heteroatoms. The van der Waals surface area contributed by atoms with Gasteiger partial charge in [0, 0.05) is 64.1 Å². The summed E-state index contributed by atoms with van der Waals surface area (Å²) >= 11 is 0. The molecule has 18 nitrogen and oxygen atoms in total. The number of aliphatic hydroxyl groups excluding tert-OH is 1. The third-order valence-corrected chi connectivity index (χ3v) is 15.2. The largest absolute Gasteiger partial charge is 0.458 e. The number of nitrogens with zero attached hydrogens (tertiary/aromatic N) is 3. The van der Waals surface area contributed by atoms with Gasteiger partial charge < -0.3 is 63.6 Å². The summed E-state index contributed by atoms with van der Waals surface area (Å²) in [6, 6.07) is -1.64. The van der Waals surface area contributed by atoms with Crippen molar-refractivity contribution in [1.29, 1.82) is 0 Å². The van der Waals surface area contributed by atoms with Crippen molar-refractivity contribution >= 4 is 17.8 Å². The number of hydrazine groups is 1. The number of Topliss-reactive ketones (excluding diaryl/α,β-unsaturated/α-hetero) is 1. The molecule has 4 fully saturated rings. The van der Waals surface area contributed by atoms with Crippen LogP contribution in [0.4, 0.5) is 4.79 Å². The first-order valence-corrected chi connectivity index (χ1v) is 23.1. The zero-order valence-corrected chi connectivity index (χ0v) is 40.8. The molecule has 4 aliphatic heterocycles. The Morgan fingerprint density at radius 2 is 1.54 bits per heavy atom. The van der Waals surface area contributed by atoms with Crippen LogP contribution in [0.15, 0.2) is 0 Å². The van der Waals surface area contributed by atoms with Crippen LogP contribution in [0.1, 0.15) is 109 Å². The Bertz CT molecular complexity index is 1550. The lowest BCUT2D eigenvalue weighted by molar-refractivity contribution is -0.338. The van der Waals surface area contributed by atoms with Crippen molar-refractivity contribution in [1.82, 2.24) is 14.8 Å². The number of esters is 1. The Kier molecular flexibility index (Phi) is 18.1. The van der Waals surface area contributed by atoms with Gasteiger partial charge in [-0.05, 0) is 80.9 Å². The molecule has 0 aromatic heterocycles. The zero-order chi connectivity index (χ0) is 47.6. The van der Waals surface area contributed by atoms with Crippen molar-refractivity contribution < 1.29 is 62.5 Å². The van der Waals surface area contributed by atoms with E-state index in [1.165, 1.54) is 7.11 Å². The van der Waals surface area contributed by atoms with Crippen molar-refractivity contribution in [3.8, 4) is 0 Å². The highest BCUT2D eigenvalue weighted by molar-refractivity contribution is 5.85. The molecule has 366 valence electrons. The van der Waals surface area contributed by atoms with Gasteiger partial charge in [-0.15, -0.1) is 0 Å². The number of amides is 1. The van der Waals surface area contributed by atoms with Gasteiger partial charge in [0.05, 0.1) is 35.9 Å². The summed E-state index contributed by atoms with van der Waals surface area (Å²) in [5.41, 5.74) is 0.942. The van der Waals surface area contributed by atoms with Crippen molar-refractivity contribution in [3.05, 3.63) is 0 Å². The zero-order valence-electron chi connectivity index (χ0n) is 40.8. The lowest BCUT2D eigenvalue weighted by atomic mass is 9.73. The van der Waals surface area contributed by atoms with E-state index in [9.17, 15) is 24.6 Å². The minimum Gasteiger partial charge on any atom is -0.458 e. The molecular formula is C45H83N5O13. The van der Waals surface area contributed by atoms with Crippen LogP contribution in [0.2, 0.25) is 0 Å². The number of nitrogens with two attached hydrogens (primary N) is 2. The van der Waals surface area contributed by atoms with Crippen LogP contribution in [0.3, 0.4) is 0 Å².